The normalized spacial score (nSPS) is 20.6. The Morgan fingerprint density at radius 3 is 2.70 bits per heavy atom. The fourth-order valence-corrected chi connectivity index (χ4v) is 4.33. The maximum Gasteiger partial charge on any atom is 0.313 e. The Morgan fingerprint density at radius 1 is 1.33 bits per heavy atom. The number of nitrogens with zero attached hydrogens (tertiary/aromatic N) is 3. The molecule has 0 saturated carbocycles. The fourth-order valence-electron chi connectivity index (χ4n) is 4.09. The second-order valence-electron chi connectivity index (χ2n) is 7.46. The van der Waals surface area contributed by atoms with Crippen LogP contribution in [0.3, 0.4) is 0 Å². The zero-order chi connectivity index (χ0) is 19.4. The Hall–Kier alpha value is -1.85. The van der Waals surface area contributed by atoms with Crippen molar-refractivity contribution in [3.05, 3.63) is 52.3 Å². The number of aromatic nitrogens is 2. The van der Waals surface area contributed by atoms with E-state index in [0.29, 0.717) is 31.3 Å². The van der Waals surface area contributed by atoms with Gasteiger partial charge in [0.1, 0.15) is 5.15 Å². The number of benzene rings is 1. The van der Waals surface area contributed by atoms with E-state index < -0.39 is 5.41 Å². The number of hydrogen-bond acceptors (Lipinski definition) is 4. The molecule has 0 aliphatic carbocycles. The van der Waals surface area contributed by atoms with Crippen molar-refractivity contribution in [2.75, 3.05) is 19.7 Å². The van der Waals surface area contributed by atoms with Crippen molar-refractivity contribution >= 4 is 17.6 Å². The van der Waals surface area contributed by atoms with Gasteiger partial charge in [-0.05, 0) is 45.2 Å². The number of likely N-dealkylation sites (tertiary alicyclic amines) is 1. The van der Waals surface area contributed by atoms with E-state index in [1.807, 2.05) is 39.1 Å². The highest BCUT2D eigenvalue weighted by atomic mass is 35.5. The molecule has 0 spiro atoms. The first-order valence-electron chi connectivity index (χ1n) is 9.56. The lowest BCUT2D eigenvalue weighted by molar-refractivity contribution is -0.159. The molecule has 0 unspecified atom stereocenters. The van der Waals surface area contributed by atoms with Gasteiger partial charge in [0.05, 0.1) is 17.7 Å². The van der Waals surface area contributed by atoms with Gasteiger partial charge in [-0.3, -0.25) is 14.4 Å². The third-order valence-corrected chi connectivity index (χ3v) is 5.87. The third-order valence-electron chi connectivity index (χ3n) is 5.40. The van der Waals surface area contributed by atoms with E-state index in [1.165, 1.54) is 5.56 Å². The van der Waals surface area contributed by atoms with Crippen LogP contribution in [0.25, 0.3) is 0 Å². The summed E-state index contributed by atoms with van der Waals surface area (Å²) >= 11 is 6.43. The molecular formula is C21H28ClN3O2. The summed E-state index contributed by atoms with van der Waals surface area (Å²) in [6.45, 7) is 6.57. The molecule has 0 bridgehead atoms. The molecule has 1 aliphatic rings. The van der Waals surface area contributed by atoms with E-state index in [9.17, 15) is 4.79 Å². The van der Waals surface area contributed by atoms with Crippen LogP contribution in [0.5, 0.6) is 0 Å². The van der Waals surface area contributed by atoms with E-state index in [4.69, 9.17) is 16.3 Å². The lowest BCUT2D eigenvalue weighted by atomic mass is 9.75. The highest BCUT2D eigenvalue weighted by Gasteiger charge is 2.43. The Morgan fingerprint density at radius 2 is 2.07 bits per heavy atom. The zero-order valence-corrected chi connectivity index (χ0v) is 17.1. The minimum atomic E-state index is -0.516. The number of piperidine rings is 1. The number of carbonyl (C=O) groups excluding carboxylic acids is 1. The molecule has 0 radical (unpaired) electrons. The van der Waals surface area contributed by atoms with Crippen LogP contribution in [0.1, 0.15) is 36.6 Å². The summed E-state index contributed by atoms with van der Waals surface area (Å²) in [5.41, 5.74) is 2.64. The minimum Gasteiger partial charge on any atom is -0.466 e. The molecule has 1 saturated heterocycles. The lowest BCUT2D eigenvalue weighted by Crippen LogP contribution is -2.49. The van der Waals surface area contributed by atoms with E-state index in [1.54, 1.807) is 4.68 Å². The molecule has 27 heavy (non-hydrogen) atoms. The summed E-state index contributed by atoms with van der Waals surface area (Å²) in [7, 11) is 1.85. The summed E-state index contributed by atoms with van der Waals surface area (Å²) in [6, 6.07) is 10.2. The monoisotopic (exact) mass is 389 g/mol. The van der Waals surface area contributed by atoms with Gasteiger partial charge in [-0.1, -0.05) is 41.9 Å². The fraction of sp³-hybridized carbons (Fsp3) is 0.524. The summed E-state index contributed by atoms with van der Waals surface area (Å²) in [6.07, 6.45) is 2.50. The second kappa shape index (κ2) is 8.44. The van der Waals surface area contributed by atoms with Crippen LogP contribution >= 0.6 is 11.6 Å². The molecule has 2 aromatic rings. The third kappa shape index (κ3) is 4.36. The molecule has 1 atom stereocenters. The molecule has 1 aromatic carbocycles. The minimum absolute atomic E-state index is 0.0902. The van der Waals surface area contributed by atoms with E-state index in [0.717, 1.165) is 30.6 Å². The number of halogens is 1. The van der Waals surface area contributed by atoms with Crippen LogP contribution < -0.4 is 0 Å². The number of carbonyl (C=O) groups is 1. The van der Waals surface area contributed by atoms with Gasteiger partial charge in [-0.25, -0.2) is 0 Å². The molecule has 2 heterocycles. The number of aryl methyl sites for hydroxylation is 2. The van der Waals surface area contributed by atoms with Gasteiger partial charge in [0.25, 0.3) is 0 Å². The maximum atomic E-state index is 13.0. The summed E-state index contributed by atoms with van der Waals surface area (Å²) in [4.78, 5) is 15.3. The first-order chi connectivity index (χ1) is 12.9. The first-order valence-corrected chi connectivity index (χ1v) is 9.94. The molecule has 1 aromatic heterocycles. The molecule has 146 valence electrons. The van der Waals surface area contributed by atoms with Crippen LogP contribution in [0.15, 0.2) is 30.3 Å². The first kappa shape index (κ1) is 19.9. The van der Waals surface area contributed by atoms with Gasteiger partial charge in [-0.15, -0.1) is 0 Å². The zero-order valence-electron chi connectivity index (χ0n) is 16.4. The number of ether oxygens (including phenoxy) is 1. The predicted molar refractivity (Wildman–Crippen MR) is 107 cm³/mol. The number of hydrogen-bond donors (Lipinski definition) is 0. The Balaban J connectivity index is 1.84. The average Bonchev–Trinajstić information content (AvgIpc) is 2.89. The van der Waals surface area contributed by atoms with Crippen molar-refractivity contribution in [1.29, 1.82) is 0 Å². The second-order valence-corrected chi connectivity index (χ2v) is 7.81. The van der Waals surface area contributed by atoms with Crippen molar-refractivity contribution in [3.63, 3.8) is 0 Å². The lowest BCUT2D eigenvalue weighted by Gasteiger charge is -2.41. The van der Waals surface area contributed by atoms with Crippen molar-refractivity contribution in [2.45, 2.75) is 39.7 Å². The topological polar surface area (TPSA) is 47.4 Å². The highest BCUT2D eigenvalue weighted by molar-refractivity contribution is 6.30. The number of rotatable bonds is 6. The molecule has 3 rings (SSSR count). The standard InChI is InChI=1S/C21H28ClN3O2/c1-4-27-20(26)21(13-17-9-6-5-7-10-17)11-8-12-25(15-21)14-18-16(2)23-24(3)19(18)22/h5-7,9-10H,4,8,11-15H2,1-3H3/t21-/m0/s1. The van der Waals surface area contributed by atoms with Gasteiger partial charge in [0, 0.05) is 25.7 Å². The summed E-state index contributed by atoms with van der Waals surface area (Å²) in [5, 5.41) is 5.08. The van der Waals surface area contributed by atoms with Gasteiger partial charge in [-0.2, -0.15) is 5.10 Å². The molecule has 0 amide bonds. The van der Waals surface area contributed by atoms with Gasteiger partial charge in [0.15, 0.2) is 0 Å². The van der Waals surface area contributed by atoms with Crippen LogP contribution in [0.4, 0.5) is 0 Å². The SMILES string of the molecule is CCOC(=O)[C@]1(Cc2ccccc2)CCCN(Cc2c(C)nn(C)c2Cl)C1. The van der Waals surface area contributed by atoms with Crippen LogP contribution in [0.2, 0.25) is 5.15 Å². The maximum absolute atomic E-state index is 13.0. The average molecular weight is 390 g/mol. The largest absolute Gasteiger partial charge is 0.466 e. The van der Waals surface area contributed by atoms with Gasteiger partial charge < -0.3 is 4.74 Å². The van der Waals surface area contributed by atoms with Crippen molar-refractivity contribution in [3.8, 4) is 0 Å². The van der Waals surface area contributed by atoms with E-state index in [-0.39, 0.29) is 5.97 Å². The number of esters is 1. The predicted octanol–water partition coefficient (Wildman–Crippen LogP) is 3.77. The summed E-state index contributed by atoms with van der Waals surface area (Å²) < 4.78 is 7.21. The van der Waals surface area contributed by atoms with Crippen molar-refractivity contribution in [2.24, 2.45) is 12.5 Å². The van der Waals surface area contributed by atoms with E-state index in [2.05, 4.69) is 22.1 Å². The Bertz CT molecular complexity index is 790. The molecular weight excluding hydrogens is 362 g/mol. The van der Waals surface area contributed by atoms with Crippen LogP contribution in [0, 0.1) is 12.3 Å². The van der Waals surface area contributed by atoms with Crippen LogP contribution in [-0.2, 0) is 29.5 Å². The smallest absolute Gasteiger partial charge is 0.313 e. The van der Waals surface area contributed by atoms with E-state index >= 15 is 0 Å². The molecule has 0 N–H and O–H groups in total. The van der Waals surface area contributed by atoms with Crippen molar-refractivity contribution < 1.29 is 9.53 Å². The summed E-state index contributed by atoms with van der Waals surface area (Å²) in [5.74, 6) is -0.0902. The Labute approximate surface area is 166 Å². The quantitative estimate of drug-likeness (QED) is 0.705. The molecule has 5 nitrogen and oxygen atoms in total. The molecule has 6 heteroatoms. The Kier molecular flexibility index (Phi) is 6.22. The van der Waals surface area contributed by atoms with Crippen LogP contribution in [-0.4, -0.2) is 40.3 Å². The van der Waals surface area contributed by atoms with Gasteiger partial charge in [0.2, 0.25) is 0 Å². The highest BCUT2D eigenvalue weighted by Crippen LogP contribution is 2.36. The molecule has 1 aliphatic heterocycles. The molecule has 1 fully saturated rings. The van der Waals surface area contributed by atoms with Gasteiger partial charge >= 0.3 is 5.97 Å². The van der Waals surface area contributed by atoms with Crippen molar-refractivity contribution in [1.82, 2.24) is 14.7 Å².